The highest BCUT2D eigenvalue weighted by Crippen LogP contribution is 2.36. The van der Waals surface area contributed by atoms with Gasteiger partial charge in [-0.2, -0.15) is 5.10 Å². The van der Waals surface area contributed by atoms with Gasteiger partial charge in [0.25, 0.3) is 0 Å². The highest BCUT2D eigenvalue weighted by Gasteiger charge is 2.19. The molecular formula is C21H24N6. The molecule has 138 valence electrons. The van der Waals surface area contributed by atoms with E-state index >= 15 is 0 Å². The van der Waals surface area contributed by atoms with E-state index in [0.29, 0.717) is 11.7 Å². The lowest BCUT2D eigenvalue weighted by Gasteiger charge is -2.23. The second-order valence-electron chi connectivity index (χ2n) is 7.35. The molecule has 0 amide bonds. The van der Waals surface area contributed by atoms with Crippen molar-refractivity contribution in [3.63, 3.8) is 0 Å². The SMILES string of the molecule is CCc1c(-c2ccnc3c(N)n[nH]c23)[nH]c2ccc(C3CCNCC3)cc12. The lowest BCUT2D eigenvalue weighted by molar-refractivity contribution is 0.460. The molecule has 6 nitrogen and oxygen atoms in total. The highest BCUT2D eigenvalue weighted by molar-refractivity contribution is 6.00. The summed E-state index contributed by atoms with van der Waals surface area (Å²) in [5.74, 6) is 1.09. The number of aromatic amines is 2. The van der Waals surface area contributed by atoms with Crippen molar-refractivity contribution in [1.82, 2.24) is 25.5 Å². The van der Waals surface area contributed by atoms with Gasteiger partial charge in [-0.05, 0) is 67.6 Å². The first-order chi connectivity index (χ1) is 13.3. The minimum Gasteiger partial charge on any atom is -0.380 e. The van der Waals surface area contributed by atoms with Gasteiger partial charge in [0.2, 0.25) is 0 Å². The van der Waals surface area contributed by atoms with Crippen LogP contribution in [0.4, 0.5) is 5.82 Å². The van der Waals surface area contributed by atoms with E-state index in [2.05, 4.69) is 50.6 Å². The first kappa shape index (κ1) is 16.3. The summed E-state index contributed by atoms with van der Waals surface area (Å²) in [6, 6.07) is 8.94. The maximum absolute atomic E-state index is 5.95. The van der Waals surface area contributed by atoms with Crippen molar-refractivity contribution >= 4 is 27.8 Å². The molecule has 0 saturated carbocycles. The molecule has 0 radical (unpaired) electrons. The molecule has 1 aliphatic rings. The molecule has 4 heterocycles. The number of rotatable bonds is 3. The van der Waals surface area contributed by atoms with Crippen LogP contribution in [0.5, 0.6) is 0 Å². The molecule has 3 aromatic heterocycles. The van der Waals surface area contributed by atoms with Gasteiger partial charge in [-0.15, -0.1) is 0 Å². The van der Waals surface area contributed by atoms with Crippen molar-refractivity contribution < 1.29 is 0 Å². The fourth-order valence-corrected chi connectivity index (χ4v) is 4.42. The van der Waals surface area contributed by atoms with Crippen molar-refractivity contribution in [3.05, 3.63) is 41.6 Å². The molecule has 0 aliphatic carbocycles. The second kappa shape index (κ2) is 6.39. The average Bonchev–Trinajstić information content (AvgIpc) is 3.28. The Bertz CT molecular complexity index is 1120. The van der Waals surface area contributed by atoms with Gasteiger partial charge >= 0.3 is 0 Å². The standard InChI is InChI=1S/C21H24N6/c1-2-14-16-11-13(12-5-8-23-9-6-12)3-4-17(16)25-18(14)15-7-10-24-20-19(15)26-27-21(20)22/h3-4,7,10-12,23,25H,2,5-6,8-9H2,1H3,(H3,22,26,27). The summed E-state index contributed by atoms with van der Waals surface area (Å²) in [4.78, 5) is 8.01. The molecule has 27 heavy (non-hydrogen) atoms. The van der Waals surface area contributed by atoms with Crippen molar-refractivity contribution in [3.8, 4) is 11.3 Å². The van der Waals surface area contributed by atoms with E-state index in [1.54, 1.807) is 6.20 Å². The van der Waals surface area contributed by atoms with Gasteiger partial charge in [-0.3, -0.25) is 10.1 Å². The summed E-state index contributed by atoms with van der Waals surface area (Å²) < 4.78 is 0. The zero-order chi connectivity index (χ0) is 18.4. The number of nitrogens with one attached hydrogen (secondary N) is 3. The molecule has 1 fully saturated rings. The van der Waals surface area contributed by atoms with Crippen LogP contribution >= 0.6 is 0 Å². The Morgan fingerprint density at radius 3 is 2.85 bits per heavy atom. The highest BCUT2D eigenvalue weighted by atomic mass is 15.2. The normalized spacial score (nSPS) is 15.7. The number of nitrogen functional groups attached to an aromatic ring is 1. The number of nitrogens with zero attached hydrogens (tertiary/aromatic N) is 2. The van der Waals surface area contributed by atoms with Gasteiger partial charge in [0.05, 0.1) is 11.2 Å². The second-order valence-corrected chi connectivity index (χ2v) is 7.35. The zero-order valence-corrected chi connectivity index (χ0v) is 15.5. The predicted molar refractivity (Wildman–Crippen MR) is 110 cm³/mol. The third-order valence-corrected chi connectivity index (χ3v) is 5.85. The van der Waals surface area contributed by atoms with Crippen LogP contribution < -0.4 is 11.1 Å². The van der Waals surface area contributed by atoms with Gasteiger partial charge in [-0.1, -0.05) is 13.0 Å². The number of fused-ring (bicyclic) bond motifs is 2. The summed E-state index contributed by atoms with van der Waals surface area (Å²) >= 11 is 0. The Morgan fingerprint density at radius 2 is 2.04 bits per heavy atom. The van der Waals surface area contributed by atoms with Crippen LogP contribution in [0, 0.1) is 0 Å². The number of piperidine rings is 1. The van der Waals surface area contributed by atoms with E-state index in [9.17, 15) is 0 Å². The van der Waals surface area contributed by atoms with Crippen LogP contribution in [-0.4, -0.2) is 33.3 Å². The topological polar surface area (TPSA) is 95.4 Å². The summed E-state index contributed by atoms with van der Waals surface area (Å²) in [5, 5.41) is 12.0. The van der Waals surface area contributed by atoms with Crippen molar-refractivity contribution in [2.75, 3.05) is 18.8 Å². The maximum Gasteiger partial charge on any atom is 0.171 e. The number of aryl methyl sites for hydroxylation is 1. The van der Waals surface area contributed by atoms with Crippen LogP contribution in [-0.2, 0) is 6.42 Å². The first-order valence-corrected chi connectivity index (χ1v) is 9.70. The Hall–Kier alpha value is -2.86. The van der Waals surface area contributed by atoms with E-state index in [4.69, 9.17) is 5.73 Å². The molecule has 0 atom stereocenters. The minimum atomic E-state index is 0.439. The number of nitrogens with two attached hydrogens (primary N) is 1. The lowest BCUT2D eigenvalue weighted by Crippen LogP contribution is -2.26. The van der Waals surface area contributed by atoms with Gasteiger partial charge < -0.3 is 16.0 Å². The molecule has 5 N–H and O–H groups in total. The molecule has 1 saturated heterocycles. The number of anilines is 1. The first-order valence-electron chi connectivity index (χ1n) is 9.70. The monoisotopic (exact) mass is 360 g/mol. The average molecular weight is 360 g/mol. The lowest BCUT2D eigenvalue weighted by atomic mass is 9.89. The van der Waals surface area contributed by atoms with E-state index < -0.39 is 0 Å². The largest absolute Gasteiger partial charge is 0.380 e. The van der Waals surface area contributed by atoms with Crippen molar-refractivity contribution in [2.45, 2.75) is 32.1 Å². The Kier molecular flexibility index (Phi) is 3.86. The number of benzene rings is 1. The summed E-state index contributed by atoms with van der Waals surface area (Å²) in [6.45, 7) is 4.43. The molecule has 0 unspecified atom stereocenters. The predicted octanol–water partition coefficient (Wildman–Crippen LogP) is 3.72. The number of hydrogen-bond donors (Lipinski definition) is 4. The van der Waals surface area contributed by atoms with E-state index in [-0.39, 0.29) is 0 Å². The van der Waals surface area contributed by atoms with Crippen molar-refractivity contribution in [2.24, 2.45) is 0 Å². The summed E-state index contributed by atoms with van der Waals surface area (Å²) in [7, 11) is 0. The smallest absolute Gasteiger partial charge is 0.171 e. The third kappa shape index (κ3) is 2.59. The summed E-state index contributed by atoms with van der Waals surface area (Å²) in [5.41, 5.74) is 13.7. The van der Waals surface area contributed by atoms with Gasteiger partial charge in [-0.25, -0.2) is 0 Å². The number of aromatic nitrogens is 4. The van der Waals surface area contributed by atoms with Gasteiger partial charge in [0, 0.05) is 22.7 Å². The Labute approximate surface area is 157 Å². The molecule has 1 aromatic carbocycles. The third-order valence-electron chi connectivity index (χ3n) is 5.85. The summed E-state index contributed by atoms with van der Waals surface area (Å²) in [6.07, 6.45) is 5.18. The van der Waals surface area contributed by atoms with E-state index in [1.165, 1.54) is 34.9 Å². The fraction of sp³-hybridized carbons (Fsp3) is 0.333. The number of pyridine rings is 1. The minimum absolute atomic E-state index is 0.439. The molecule has 4 aromatic rings. The number of hydrogen-bond acceptors (Lipinski definition) is 4. The van der Waals surface area contributed by atoms with Crippen LogP contribution in [0.15, 0.2) is 30.5 Å². The quantitative estimate of drug-likeness (QED) is 0.448. The molecular weight excluding hydrogens is 336 g/mol. The molecule has 0 spiro atoms. The van der Waals surface area contributed by atoms with Crippen LogP contribution in [0.3, 0.4) is 0 Å². The van der Waals surface area contributed by atoms with Crippen LogP contribution in [0.1, 0.15) is 36.8 Å². The maximum atomic E-state index is 5.95. The van der Waals surface area contributed by atoms with Crippen molar-refractivity contribution in [1.29, 1.82) is 0 Å². The van der Waals surface area contributed by atoms with E-state index in [0.717, 1.165) is 41.8 Å². The molecule has 0 bridgehead atoms. The van der Waals surface area contributed by atoms with Crippen LogP contribution in [0.2, 0.25) is 0 Å². The Balaban J connectivity index is 1.68. The van der Waals surface area contributed by atoms with E-state index in [1.807, 2.05) is 6.07 Å². The molecule has 1 aliphatic heterocycles. The fourth-order valence-electron chi connectivity index (χ4n) is 4.42. The van der Waals surface area contributed by atoms with Gasteiger partial charge in [0.15, 0.2) is 5.82 Å². The number of H-pyrrole nitrogens is 2. The van der Waals surface area contributed by atoms with Gasteiger partial charge in [0.1, 0.15) is 5.52 Å². The molecule has 5 rings (SSSR count). The molecule has 6 heteroatoms. The Morgan fingerprint density at radius 1 is 1.19 bits per heavy atom. The zero-order valence-electron chi connectivity index (χ0n) is 15.5. The van der Waals surface area contributed by atoms with Crippen LogP contribution in [0.25, 0.3) is 33.2 Å².